The third-order valence-electron chi connectivity index (χ3n) is 5.95. The molecule has 1 aliphatic rings. The number of benzene rings is 3. The molecule has 0 atom stereocenters. The SMILES string of the molecule is Oc1ccc(-c2nn(C3CCC3)c(-c3ccccc3O)c2Cc2ccccc2)cc1. The van der Waals surface area contributed by atoms with Gasteiger partial charge in [-0.05, 0) is 61.2 Å². The van der Waals surface area contributed by atoms with Crippen molar-refractivity contribution >= 4 is 0 Å². The molecule has 0 aliphatic heterocycles. The lowest BCUT2D eigenvalue weighted by molar-refractivity contribution is 0.292. The fourth-order valence-corrected chi connectivity index (χ4v) is 4.14. The number of hydrogen-bond donors (Lipinski definition) is 2. The number of rotatable bonds is 5. The van der Waals surface area contributed by atoms with Crippen molar-refractivity contribution in [2.24, 2.45) is 0 Å². The van der Waals surface area contributed by atoms with Crippen LogP contribution in [0.5, 0.6) is 11.5 Å². The number of para-hydroxylation sites is 1. The highest BCUT2D eigenvalue weighted by Gasteiger charge is 2.29. The lowest BCUT2D eigenvalue weighted by Gasteiger charge is -2.28. The van der Waals surface area contributed by atoms with Crippen molar-refractivity contribution < 1.29 is 10.2 Å². The summed E-state index contributed by atoms with van der Waals surface area (Å²) in [6.45, 7) is 0. The molecule has 1 fully saturated rings. The fraction of sp³-hybridized carbons (Fsp3) is 0.192. The third-order valence-corrected chi connectivity index (χ3v) is 5.95. The summed E-state index contributed by atoms with van der Waals surface area (Å²) in [5.74, 6) is 0.507. The molecular formula is C26H24N2O2. The number of aromatic nitrogens is 2. The molecule has 0 radical (unpaired) electrons. The number of nitrogens with zero attached hydrogens (tertiary/aromatic N) is 2. The fourth-order valence-electron chi connectivity index (χ4n) is 4.14. The van der Waals surface area contributed by atoms with Crippen LogP contribution in [0.4, 0.5) is 0 Å². The molecule has 0 bridgehead atoms. The summed E-state index contributed by atoms with van der Waals surface area (Å²) in [6.07, 6.45) is 4.12. The molecular weight excluding hydrogens is 372 g/mol. The van der Waals surface area contributed by atoms with Crippen LogP contribution < -0.4 is 0 Å². The third kappa shape index (κ3) is 3.35. The van der Waals surface area contributed by atoms with E-state index in [-0.39, 0.29) is 11.5 Å². The Morgan fingerprint density at radius 3 is 2.20 bits per heavy atom. The van der Waals surface area contributed by atoms with Gasteiger partial charge in [-0.1, -0.05) is 42.5 Å². The second kappa shape index (κ2) is 7.71. The van der Waals surface area contributed by atoms with Crippen molar-refractivity contribution in [2.75, 3.05) is 0 Å². The Morgan fingerprint density at radius 2 is 1.53 bits per heavy atom. The standard InChI is InChI=1S/C26H24N2O2/c29-21-15-13-19(14-16-21)25-23(17-18-7-2-1-3-8-18)26(22-11-4-5-12-24(22)30)28(27-25)20-9-6-10-20/h1-5,7-8,11-16,20,29-30H,6,9-10,17H2. The van der Waals surface area contributed by atoms with Gasteiger partial charge in [0.1, 0.15) is 11.5 Å². The Balaban J connectivity index is 1.75. The Morgan fingerprint density at radius 1 is 0.833 bits per heavy atom. The molecule has 30 heavy (non-hydrogen) atoms. The van der Waals surface area contributed by atoms with Crippen molar-refractivity contribution in [3.8, 4) is 34.0 Å². The van der Waals surface area contributed by atoms with Crippen molar-refractivity contribution in [1.82, 2.24) is 9.78 Å². The summed E-state index contributed by atoms with van der Waals surface area (Å²) in [6, 6.07) is 25.4. The smallest absolute Gasteiger partial charge is 0.124 e. The normalized spacial score (nSPS) is 13.9. The Bertz CT molecular complexity index is 1160. The lowest BCUT2D eigenvalue weighted by atomic mass is 9.91. The van der Waals surface area contributed by atoms with E-state index in [2.05, 4.69) is 16.8 Å². The number of hydrogen-bond acceptors (Lipinski definition) is 3. The van der Waals surface area contributed by atoms with E-state index >= 15 is 0 Å². The van der Waals surface area contributed by atoms with Crippen LogP contribution in [-0.4, -0.2) is 20.0 Å². The summed E-state index contributed by atoms with van der Waals surface area (Å²) in [5.41, 5.74) is 5.97. The quantitative estimate of drug-likeness (QED) is 0.439. The first-order chi connectivity index (χ1) is 14.7. The van der Waals surface area contributed by atoms with E-state index in [0.29, 0.717) is 12.5 Å². The van der Waals surface area contributed by atoms with Gasteiger partial charge in [-0.15, -0.1) is 0 Å². The molecule has 4 aromatic rings. The van der Waals surface area contributed by atoms with Crippen LogP contribution in [0.15, 0.2) is 78.9 Å². The molecule has 150 valence electrons. The average molecular weight is 396 g/mol. The van der Waals surface area contributed by atoms with E-state index in [1.165, 1.54) is 12.0 Å². The van der Waals surface area contributed by atoms with E-state index in [0.717, 1.165) is 40.9 Å². The Kier molecular flexibility index (Phi) is 4.75. The highest BCUT2D eigenvalue weighted by Crippen LogP contribution is 2.43. The maximum absolute atomic E-state index is 10.7. The molecule has 1 aliphatic carbocycles. The summed E-state index contributed by atoms with van der Waals surface area (Å²) < 4.78 is 2.12. The molecule has 1 heterocycles. The number of aromatic hydroxyl groups is 2. The minimum Gasteiger partial charge on any atom is -0.508 e. The second-order valence-electron chi connectivity index (χ2n) is 7.93. The van der Waals surface area contributed by atoms with Crippen LogP contribution in [0.1, 0.15) is 36.4 Å². The van der Waals surface area contributed by atoms with Gasteiger partial charge in [-0.2, -0.15) is 5.10 Å². The predicted molar refractivity (Wildman–Crippen MR) is 119 cm³/mol. The maximum Gasteiger partial charge on any atom is 0.124 e. The Labute approximate surface area is 176 Å². The van der Waals surface area contributed by atoms with Crippen LogP contribution in [0.2, 0.25) is 0 Å². The van der Waals surface area contributed by atoms with E-state index < -0.39 is 0 Å². The van der Waals surface area contributed by atoms with Crippen LogP contribution in [0.25, 0.3) is 22.5 Å². The molecule has 0 amide bonds. The first-order valence-electron chi connectivity index (χ1n) is 10.4. The van der Waals surface area contributed by atoms with Gasteiger partial charge in [0.25, 0.3) is 0 Å². The van der Waals surface area contributed by atoms with Crippen molar-refractivity contribution in [1.29, 1.82) is 0 Å². The summed E-state index contributed by atoms with van der Waals surface area (Å²) >= 11 is 0. The van der Waals surface area contributed by atoms with Crippen LogP contribution in [0, 0.1) is 0 Å². The molecule has 5 rings (SSSR count). The van der Waals surface area contributed by atoms with Gasteiger partial charge >= 0.3 is 0 Å². The zero-order valence-corrected chi connectivity index (χ0v) is 16.7. The van der Waals surface area contributed by atoms with Gasteiger partial charge in [0.2, 0.25) is 0 Å². The number of phenols is 2. The van der Waals surface area contributed by atoms with E-state index in [1.54, 1.807) is 18.2 Å². The molecule has 2 N–H and O–H groups in total. The topological polar surface area (TPSA) is 58.3 Å². The monoisotopic (exact) mass is 396 g/mol. The predicted octanol–water partition coefficient (Wildman–Crippen LogP) is 5.94. The van der Waals surface area contributed by atoms with Crippen molar-refractivity contribution in [2.45, 2.75) is 31.7 Å². The van der Waals surface area contributed by atoms with Gasteiger partial charge < -0.3 is 10.2 Å². The average Bonchev–Trinajstić information content (AvgIpc) is 3.07. The first-order valence-corrected chi connectivity index (χ1v) is 10.4. The van der Waals surface area contributed by atoms with Gasteiger partial charge in [0.15, 0.2) is 0 Å². The van der Waals surface area contributed by atoms with Crippen LogP contribution in [-0.2, 0) is 6.42 Å². The molecule has 1 saturated carbocycles. The van der Waals surface area contributed by atoms with Gasteiger partial charge in [-0.3, -0.25) is 4.68 Å². The molecule has 1 aromatic heterocycles. The minimum atomic E-state index is 0.239. The van der Waals surface area contributed by atoms with Crippen molar-refractivity contribution in [3.63, 3.8) is 0 Å². The van der Waals surface area contributed by atoms with E-state index in [1.807, 2.05) is 48.5 Å². The van der Waals surface area contributed by atoms with Gasteiger partial charge in [0.05, 0.1) is 17.4 Å². The van der Waals surface area contributed by atoms with E-state index in [9.17, 15) is 10.2 Å². The summed E-state index contributed by atoms with van der Waals surface area (Å²) in [4.78, 5) is 0. The Hall–Kier alpha value is -3.53. The maximum atomic E-state index is 10.7. The zero-order valence-electron chi connectivity index (χ0n) is 16.7. The molecule has 3 aromatic carbocycles. The molecule has 4 heteroatoms. The molecule has 0 unspecified atom stereocenters. The second-order valence-corrected chi connectivity index (χ2v) is 7.93. The lowest BCUT2D eigenvalue weighted by Crippen LogP contribution is -2.19. The summed E-state index contributed by atoms with van der Waals surface area (Å²) in [7, 11) is 0. The van der Waals surface area contributed by atoms with Crippen LogP contribution in [0.3, 0.4) is 0 Å². The summed E-state index contributed by atoms with van der Waals surface area (Å²) in [5, 5.41) is 25.5. The first kappa shape index (κ1) is 18.5. The van der Waals surface area contributed by atoms with E-state index in [4.69, 9.17) is 5.10 Å². The van der Waals surface area contributed by atoms with Gasteiger partial charge in [0, 0.05) is 23.1 Å². The highest BCUT2D eigenvalue weighted by atomic mass is 16.3. The zero-order chi connectivity index (χ0) is 20.5. The largest absolute Gasteiger partial charge is 0.508 e. The molecule has 4 nitrogen and oxygen atoms in total. The van der Waals surface area contributed by atoms with Crippen molar-refractivity contribution in [3.05, 3.63) is 90.0 Å². The molecule has 0 spiro atoms. The van der Waals surface area contributed by atoms with Gasteiger partial charge in [-0.25, -0.2) is 0 Å². The number of phenolic OH excluding ortho intramolecular Hbond substituents is 2. The highest BCUT2D eigenvalue weighted by molar-refractivity contribution is 5.78. The van der Waals surface area contributed by atoms with Crippen LogP contribution >= 0.6 is 0 Å². The minimum absolute atomic E-state index is 0.239. The molecule has 0 saturated heterocycles.